The van der Waals surface area contributed by atoms with Crippen molar-refractivity contribution in [1.82, 2.24) is 20.4 Å². The van der Waals surface area contributed by atoms with Crippen LogP contribution in [0, 0.1) is 12.8 Å². The topological polar surface area (TPSA) is 59.0 Å². The second-order valence-electron chi connectivity index (χ2n) is 4.96. The van der Waals surface area contributed by atoms with Crippen LogP contribution in [0.3, 0.4) is 0 Å². The molecule has 6 heteroatoms. The van der Waals surface area contributed by atoms with E-state index < -0.39 is 0 Å². The van der Waals surface area contributed by atoms with Gasteiger partial charge in [0.2, 0.25) is 5.91 Å². The fraction of sp³-hybridized carbons (Fsp3) is 0.692. The van der Waals surface area contributed by atoms with Crippen molar-refractivity contribution in [2.45, 2.75) is 40.8 Å². The molecule has 0 unspecified atom stereocenters. The molecule has 108 valence electrons. The Bertz CT molecular complexity index is 429. The Kier molecular flexibility index (Phi) is 6.31. The highest BCUT2D eigenvalue weighted by Gasteiger charge is 2.12. The number of nitrogens with zero attached hydrogens (tertiary/aromatic N) is 2. The number of carbonyl (C=O) groups excluding carboxylic acids is 1. The molecule has 5 nitrogen and oxygen atoms in total. The quantitative estimate of drug-likeness (QED) is 0.802. The first-order valence-corrected chi connectivity index (χ1v) is 7.02. The number of carbonyl (C=O) groups is 1. The Morgan fingerprint density at radius 2 is 2.16 bits per heavy atom. The minimum absolute atomic E-state index is 0.00380. The average Bonchev–Trinajstić information content (AvgIpc) is 2.63. The molecule has 0 bridgehead atoms. The molecule has 1 heterocycles. The zero-order valence-electron chi connectivity index (χ0n) is 12.1. The van der Waals surface area contributed by atoms with E-state index in [-0.39, 0.29) is 12.5 Å². The van der Waals surface area contributed by atoms with E-state index in [1.165, 1.54) is 0 Å². The predicted octanol–water partition coefficient (Wildman–Crippen LogP) is 1.73. The standard InChI is InChI=1S/C13H23ClN4O/c1-5-18-11(13(14)10(4)17-18)7-15-8-12(19)16-6-9(2)3/h9,15H,5-8H2,1-4H3,(H,16,19). The molecule has 0 radical (unpaired) electrons. The van der Waals surface area contributed by atoms with Gasteiger partial charge >= 0.3 is 0 Å². The molecular weight excluding hydrogens is 264 g/mol. The number of hydrogen-bond donors (Lipinski definition) is 2. The van der Waals surface area contributed by atoms with E-state index in [1.54, 1.807) is 0 Å². The summed E-state index contributed by atoms with van der Waals surface area (Å²) in [6.07, 6.45) is 0. The van der Waals surface area contributed by atoms with Crippen LogP contribution in [0.2, 0.25) is 5.02 Å². The Morgan fingerprint density at radius 1 is 1.47 bits per heavy atom. The summed E-state index contributed by atoms with van der Waals surface area (Å²) >= 11 is 6.19. The highest BCUT2D eigenvalue weighted by atomic mass is 35.5. The van der Waals surface area contributed by atoms with E-state index in [9.17, 15) is 4.79 Å². The molecule has 0 saturated carbocycles. The molecule has 1 rings (SSSR count). The lowest BCUT2D eigenvalue weighted by Gasteiger charge is -2.09. The van der Waals surface area contributed by atoms with Gasteiger partial charge in [-0.3, -0.25) is 9.48 Å². The van der Waals surface area contributed by atoms with Crippen molar-refractivity contribution in [2.75, 3.05) is 13.1 Å². The zero-order chi connectivity index (χ0) is 14.4. The third-order valence-corrected chi connectivity index (χ3v) is 3.23. The van der Waals surface area contributed by atoms with Gasteiger partial charge in [0.1, 0.15) is 0 Å². The van der Waals surface area contributed by atoms with Gasteiger partial charge in [0.15, 0.2) is 0 Å². The lowest BCUT2D eigenvalue weighted by molar-refractivity contribution is -0.120. The van der Waals surface area contributed by atoms with Crippen molar-refractivity contribution in [1.29, 1.82) is 0 Å². The fourth-order valence-corrected chi connectivity index (χ4v) is 1.91. The monoisotopic (exact) mass is 286 g/mol. The predicted molar refractivity (Wildman–Crippen MR) is 77.2 cm³/mol. The van der Waals surface area contributed by atoms with Crippen LogP contribution in [0.15, 0.2) is 0 Å². The van der Waals surface area contributed by atoms with Crippen molar-refractivity contribution < 1.29 is 4.79 Å². The summed E-state index contributed by atoms with van der Waals surface area (Å²) in [5.41, 5.74) is 1.75. The number of amides is 1. The van der Waals surface area contributed by atoms with Gasteiger partial charge in [0.05, 0.1) is 23.0 Å². The molecule has 1 amide bonds. The summed E-state index contributed by atoms with van der Waals surface area (Å²) in [5.74, 6) is 0.465. The number of halogens is 1. The molecule has 2 N–H and O–H groups in total. The Morgan fingerprint density at radius 3 is 2.74 bits per heavy atom. The van der Waals surface area contributed by atoms with Crippen LogP contribution in [-0.4, -0.2) is 28.8 Å². The van der Waals surface area contributed by atoms with Crippen molar-refractivity contribution in [3.05, 3.63) is 16.4 Å². The number of aryl methyl sites for hydroxylation is 2. The van der Waals surface area contributed by atoms with Crippen LogP contribution in [-0.2, 0) is 17.9 Å². The van der Waals surface area contributed by atoms with E-state index in [1.807, 2.05) is 18.5 Å². The smallest absolute Gasteiger partial charge is 0.233 e. The molecular formula is C13H23ClN4O. The molecule has 1 aromatic heterocycles. The van der Waals surface area contributed by atoms with Crippen LogP contribution < -0.4 is 10.6 Å². The van der Waals surface area contributed by atoms with Gasteiger partial charge < -0.3 is 10.6 Å². The summed E-state index contributed by atoms with van der Waals surface area (Å²) in [7, 11) is 0. The van der Waals surface area contributed by atoms with Gasteiger partial charge in [0, 0.05) is 19.6 Å². The molecule has 0 aromatic carbocycles. The Labute approximate surface area is 119 Å². The second-order valence-corrected chi connectivity index (χ2v) is 5.34. The van der Waals surface area contributed by atoms with Gasteiger partial charge in [-0.1, -0.05) is 25.4 Å². The minimum Gasteiger partial charge on any atom is -0.355 e. The Balaban J connectivity index is 2.43. The van der Waals surface area contributed by atoms with Crippen molar-refractivity contribution in [3.63, 3.8) is 0 Å². The van der Waals surface area contributed by atoms with E-state index in [2.05, 4.69) is 29.6 Å². The zero-order valence-corrected chi connectivity index (χ0v) is 12.8. The number of nitrogens with one attached hydrogen (secondary N) is 2. The van der Waals surface area contributed by atoms with Crippen molar-refractivity contribution >= 4 is 17.5 Å². The lowest BCUT2D eigenvalue weighted by Crippen LogP contribution is -2.35. The van der Waals surface area contributed by atoms with Gasteiger partial charge in [0.25, 0.3) is 0 Å². The molecule has 0 aliphatic carbocycles. The minimum atomic E-state index is 0.00380. The molecule has 0 saturated heterocycles. The first-order valence-electron chi connectivity index (χ1n) is 6.64. The van der Waals surface area contributed by atoms with Gasteiger partial charge in [-0.05, 0) is 19.8 Å². The third kappa shape index (κ3) is 4.84. The van der Waals surface area contributed by atoms with Crippen LogP contribution in [0.5, 0.6) is 0 Å². The van der Waals surface area contributed by atoms with E-state index in [0.717, 1.165) is 17.9 Å². The first-order chi connectivity index (χ1) is 8.95. The second kappa shape index (κ2) is 7.50. The normalized spacial score (nSPS) is 11.1. The molecule has 0 aliphatic heterocycles. The van der Waals surface area contributed by atoms with Crippen LogP contribution in [0.4, 0.5) is 0 Å². The molecule has 0 spiro atoms. The maximum atomic E-state index is 11.6. The number of aromatic nitrogens is 2. The van der Waals surface area contributed by atoms with E-state index in [4.69, 9.17) is 11.6 Å². The van der Waals surface area contributed by atoms with E-state index >= 15 is 0 Å². The molecule has 19 heavy (non-hydrogen) atoms. The van der Waals surface area contributed by atoms with E-state index in [0.29, 0.717) is 24.0 Å². The highest BCUT2D eigenvalue weighted by molar-refractivity contribution is 6.31. The van der Waals surface area contributed by atoms with Gasteiger partial charge in [-0.2, -0.15) is 5.10 Å². The summed E-state index contributed by atoms with van der Waals surface area (Å²) in [6, 6.07) is 0. The number of hydrogen-bond acceptors (Lipinski definition) is 3. The first kappa shape index (κ1) is 16.0. The van der Waals surface area contributed by atoms with Gasteiger partial charge in [-0.25, -0.2) is 0 Å². The van der Waals surface area contributed by atoms with Crippen LogP contribution >= 0.6 is 11.6 Å². The summed E-state index contributed by atoms with van der Waals surface area (Å²) in [6.45, 7) is 10.3. The third-order valence-electron chi connectivity index (χ3n) is 2.74. The molecule has 0 atom stereocenters. The average molecular weight is 287 g/mol. The SMILES string of the molecule is CCn1nc(C)c(Cl)c1CNCC(=O)NCC(C)C. The van der Waals surface area contributed by atoms with Crippen molar-refractivity contribution in [2.24, 2.45) is 5.92 Å². The van der Waals surface area contributed by atoms with Crippen LogP contribution in [0.25, 0.3) is 0 Å². The van der Waals surface area contributed by atoms with Crippen molar-refractivity contribution in [3.8, 4) is 0 Å². The molecule has 0 aliphatic rings. The maximum absolute atomic E-state index is 11.6. The summed E-state index contributed by atoms with van der Waals surface area (Å²) < 4.78 is 1.86. The molecule has 0 fully saturated rings. The largest absolute Gasteiger partial charge is 0.355 e. The number of rotatable bonds is 7. The maximum Gasteiger partial charge on any atom is 0.233 e. The molecule has 1 aromatic rings. The summed E-state index contributed by atoms with van der Waals surface area (Å²) in [4.78, 5) is 11.6. The lowest BCUT2D eigenvalue weighted by atomic mass is 10.2. The van der Waals surface area contributed by atoms with Crippen LogP contribution in [0.1, 0.15) is 32.2 Å². The Hall–Kier alpha value is -1.07. The van der Waals surface area contributed by atoms with Gasteiger partial charge in [-0.15, -0.1) is 0 Å². The fourth-order valence-electron chi connectivity index (χ4n) is 1.71. The highest BCUT2D eigenvalue weighted by Crippen LogP contribution is 2.19. The summed E-state index contributed by atoms with van der Waals surface area (Å²) in [5, 5.41) is 11.0.